The van der Waals surface area contributed by atoms with E-state index in [4.69, 9.17) is 0 Å². The molecule has 1 N–H and O–H groups in total. The van der Waals surface area contributed by atoms with E-state index in [1.54, 1.807) is 0 Å². The molecule has 1 aliphatic carbocycles. The van der Waals surface area contributed by atoms with E-state index in [1.165, 1.54) is 12.8 Å². The maximum Gasteiger partial charge on any atom is 0.245 e. The third kappa shape index (κ3) is 2.52. The maximum absolute atomic E-state index is 12.4. The van der Waals surface area contributed by atoms with Crippen molar-refractivity contribution in [2.24, 2.45) is 11.8 Å². The second kappa shape index (κ2) is 5.29. The van der Waals surface area contributed by atoms with Gasteiger partial charge in [-0.15, -0.1) is 0 Å². The van der Waals surface area contributed by atoms with Gasteiger partial charge in [0.1, 0.15) is 12.1 Å². The van der Waals surface area contributed by atoms with Crippen LogP contribution in [0.5, 0.6) is 0 Å². The molecule has 3 unspecified atom stereocenters. The highest BCUT2D eigenvalue weighted by Gasteiger charge is 2.43. The Hall–Kier alpha value is -1.06. The Kier molecular flexibility index (Phi) is 3.93. The van der Waals surface area contributed by atoms with Crippen LogP contribution in [-0.2, 0) is 9.59 Å². The van der Waals surface area contributed by atoms with Gasteiger partial charge in [-0.3, -0.25) is 9.59 Å². The van der Waals surface area contributed by atoms with Gasteiger partial charge < -0.3 is 10.2 Å². The van der Waals surface area contributed by atoms with Crippen LogP contribution < -0.4 is 5.32 Å². The molecular formula is C14H24N2O2. The van der Waals surface area contributed by atoms with E-state index in [2.05, 4.69) is 19.2 Å². The standard InChI is InChI=1S/C14H24N2O2/c1-4-9(3)12-13(17)15-11(5-2)14(18)16(12)8-10-6-7-10/h9-12H,4-8H2,1-3H3,(H,15,17). The number of nitrogens with zero attached hydrogens (tertiary/aromatic N) is 1. The van der Waals surface area contributed by atoms with Crippen LogP contribution in [0.2, 0.25) is 0 Å². The van der Waals surface area contributed by atoms with E-state index >= 15 is 0 Å². The molecule has 4 nitrogen and oxygen atoms in total. The van der Waals surface area contributed by atoms with Crippen LogP contribution >= 0.6 is 0 Å². The van der Waals surface area contributed by atoms with Crippen molar-refractivity contribution in [2.45, 2.75) is 58.5 Å². The summed E-state index contributed by atoms with van der Waals surface area (Å²) in [5.74, 6) is 1.01. The summed E-state index contributed by atoms with van der Waals surface area (Å²) in [6.45, 7) is 6.85. The molecule has 0 radical (unpaired) electrons. The predicted octanol–water partition coefficient (Wildman–Crippen LogP) is 1.55. The van der Waals surface area contributed by atoms with E-state index in [0.29, 0.717) is 12.3 Å². The van der Waals surface area contributed by atoms with Crippen molar-refractivity contribution in [1.82, 2.24) is 10.2 Å². The first-order valence-corrected chi connectivity index (χ1v) is 7.19. The number of carbonyl (C=O) groups excluding carboxylic acids is 2. The third-order valence-electron chi connectivity index (χ3n) is 4.25. The van der Waals surface area contributed by atoms with Gasteiger partial charge in [-0.1, -0.05) is 27.2 Å². The van der Waals surface area contributed by atoms with Crippen molar-refractivity contribution >= 4 is 11.8 Å². The van der Waals surface area contributed by atoms with Crippen LogP contribution in [0, 0.1) is 11.8 Å². The molecule has 2 amide bonds. The van der Waals surface area contributed by atoms with Crippen molar-refractivity contribution in [2.75, 3.05) is 6.54 Å². The van der Waals surface area contributed by atoms with Gasteiger partial charge in [-0.25, -0.2) is 0 Å². The molecule has 1 aliphatic heterocycles. The zero-order chi connectivity index (χ0) is 13.3. The van der Waals surface area contributed by atoms with Gasteiger partial charge in [0.25, 0.3) is 0 Å². The zero-order valence-electron chi connectivity index (χ0n) is 11.6. The lowest BCUT2D eigenvalue weighted by Crippen LogP contribution is -2.65. The first-order chi connectivity index (χ1) is 8.58. The summed E-state index contributed by atoms with van der Waals surface area (Å²) in [5, 5.41) is 2.87. The lowest BCUT2D eigenvalue weighted by Gasteiger charge is -2.41. The van der Waals surface area contributed by atoms with Crippen LogP contribution in [-0.4, -0.2) is 35.3 Å². The summed E-state index contributed by atoms with van der Waals surface area (Å²) in [6.07, 6.45) is 4.01. The smallest absolute Gasteiger partial charge is 0.245 e. The number of carbonyl (C=O) groups is 2. The Morgan fingerprint density at radius 2 is 2.00 bits per heavy atom. The Morgan fingerprint density at radius 3 is 2.50 bits per heavy atom. The summed E-state index contributed by atoms with van der Waals surface area (Å²) in [4.78, 5) is 26.5. The van der Waals surface area contributed by atoms with Crippen molar-refractivity contribution < 1.29 is 9.59 Å². The number of piperazine rings is 1. The normalized spacial score (nSPS) is 30.3. The van der Waals surface area contributed by atoms with E-state index < -0.39 is 0 Å². The lowest BCUT2D eigenvalue weighted by molar-refractivity contribution is -0.151. The van der Waals surface area contributed by atoms with E-state index in [9.17, 15) is 9.59 Å². The second-order valence-corrected chi connectivity index (χ2v) is 5.73. The first-order valence-electron chi connectivity index (χ1n) is 7.19. The number of rotatable bonds is 5. The highest BCUT2D eigenvalue weighted by atomic mass is 16.2. The monoisotopic (exact) mass is 252 g/mol. The van der Waals surface area contributed by atoms with Crippen LogP contribution in [0.25, 0.3) is 0 Å². The summed E-state index contributed by atoms with van der Waals surface area (Å²) >= 11 is 0. The molecule has 102 valence electrons. The molecule has 0 spiro atoms. The van der Waals surface area contributed by atoms with Gasteiger partial charge in [-0.2, -0.15) is 0 Å². The largest absolute Gasteiger partial charge is 0.343 e. The molecule has 18 heavy (non-hydrogen) atoms. The fourth-order valence-corrected chi connectivity index (χ4v) is 2.65. The summed E-state index contributed by atoms with van der Waals surface area (Å²) < 4.78 is 0. The number of hydrogen-bond donors (Lipinski definition) is 1. The quantitative estimate of drug-likeness (QED) is 0.807. The predicted molar refractivity (Wildman–Crippen MR) is 69.9 cm³/mol. The Labute approximate surface area is 109 Å². The maximum atomic E-state index is 12.4. The van der Waals surface area contributed by atoms with Crippen molar-refractivity contribution in [3.8, 4) is 0 Å². The molecular weight excluding hydrogens is 228 g/mol. The fraction of sp³-hybridized carbons (Fsp3) is 0.857. The van der Waals surface area contributed by atoms with Gasteiger partial charge in [0.2, 0.25) is 11.8 Å². The SMILES string of the molecule is CCC1NC(=O)C(C(C)CC)N(CC2CC2)C1=O. The third-order valence-corrected chi connectivity index (χ3v) is 4.25. The molecule has 4 heteroatoms. The van der Waals surface area contributed by atoms with Crippen LogP contribution in [0.3, 0.4) is 0 Å². The number of amides is 2. The molecule has 1 saturated heterocycles. The first kappa shape index (κ1) is 13.4. The zero-order valence-corrected chi connectivity index (χ0v) is 11.6. The van der Waals surface area contributed by atoms with E-state index in [1.807, 2.05) is 11.8 Å². The molecule has 0 bridgehead atoms. The molecule has 1 saturated carbocycles. The molecule has 3 atom stereocenters. The van der Waals surface area contributed by atoms with Crippen molar-refractivity contribution in [3.05, 3.63) is 0 Å². The van der Waals surface area contributed by atoms with E-state index in [0.717, 1.165) is 13.0 Å². The van der Waals surface area contributed by atoms with Gasteiger partial charge in [0, 0.05) is 6.54 Å². The Morgan fingerprint density at radius 1 is 1.33 bits per heavy atom. The average molecular weight is 252 g/mol. The molecule has 0 aromatic rings. The number of nitrogens with one attached hydrogen (secondary N) is 1. The minimum Gasteiger partial charge on any atom is -0.343 e. The van der Waals surface area contributed by atoms with Crippen LogP contribution in [0.4, 0.5) is 0 Å². The van der Waals surface area contributed by atoms with Gasteiger partial charge in [0.05, 0.1) is 0 Å². The molecule has 2 fully saturated rings. The van der Waals surface area contributed by atoms with Crippen molar-refractivity contribution in [3.63, 3.8) is 0 Å². The molecule has 2 aliphatic rings. The van der Waals surface area contributed by atoms with Crippen molar-refractivity contribution in [1.29, 1.82) is 0 Å². The molecule has 0 aromatic heterocycles. The minimum absolute atomic E-state index is 0.0384. The van der Waals surface area contributed by atoms with Gasteiger partial charge in [-0.05, 0) is 31.1 Å². The topological polar surface area (TPSA) is 49.4 Å². The summed E-state index contributed by atoms with van der Waals surface area (Å²) in [6, 6.07) is -0.567. The Balaban J connectivity index is 2.18. The van der Waals surface area contributed by atoms with Crippen LogP contribution in [0.15, 0.2) is 0 Å². The molecule has 2 rings (SSSR count). The van der Waals surface area contributed by atoms with Gasteiger partial charge >= 0.3 is 0 Å². The number of hydrogen-bond acceptors (Lipinski definition) is 2. The molecule has 0 aromatic carbocycles. The Bertz CT molecular complexity index is 339. The second-order valence-electron chi connectivity index (χ2n) is 5.73. The highest BCUT2D eigenvalue weighted by Crippen LogP contribution is 2.32. The van der Waals surface area contributed by atoms with E-state index in [-0.39, 0.29) is 29.8 Å². The molecule has 1 heterocycles. The van der Waals surface area contributed by atoms with Gasteiger partial charge in [0.15, 0.2) is 0 Å². The average Bonchev–Trinajstić information content (AvgIpc) is 3.16. The fourth-order valence-electron chi connectivity index (χ4n) is 2.65. The highest BCUT2D eigenvalue weighted by molar-refractivity contribution is 5.97. The summed E-state index contributed by atoms with van der Waals surface area (Å²) in [7, 11) is 0. The minimum atomic E-state index is -0.309. The lowest BCUT2D eigenvalue weighted by atomic mass is 9.92. The van der Waals surface area contributed by atoms with Crippen LogP contribution in [0.1, 0.15) is 46.5 Å². The summed E-state index contributed by atoms with van der Waals surface area (Å²) in [5.41, 5.74) is 0.